The third kappa shape index (κ3) is 6.95. The molecule has 1 amide bonds. The van der Waals surface area contributed by atoms with Crippen LogP contribution in [0, 0.1) is 5.82 Å². The highest BCUT2D eigenvalue weighted by Gasteiger charge is 2.48. The topological polar surface area (TPSA) is 102 Å². The van der Waals surface area contributed by atoms with E-state index in [1.807, 2.05) is 13.0 Å². The molecule has 11 heteroatoms. The molecule has 0 spiro atoms. The van der Waals surface area contributed by atoms with E-state index in [2.05, 4.69) is 17.1 Å². The van der Waals surface area contributed by atoms with Crippen LogP contribution < -0.4 is 14.4 Å². The number of rotatable bonds is 13. The molecule has 1 unspecified atom stereocenters. The molecule has 228 valence electrons. The maximum absolute atomic E-state index is 14.2. The Bertz CT molecular complexity index is 1660. The van der Waals surface area contributed by atoms with Crippen LogP contribution >= 0.6 is 23.1 Å². The van der Waals surface area contributed by atoms with Crippen LogP contribution in [0.5, 0.6) is 11.5 Å². The minimum Gasteiger partial charge on any atom is -0.507 e. The quantitative estimate of drug-likeness (QED) is 0.0402. The van der Waals surface area contributed by atoms with Crippen molar-refractivity contribution in [3.05, 3.63) is 101 Å². The van der Waals surface area contributed by atoms with Gasteiger partial charge < -0.3 is 14.6 Å². The first-order chi connectivity index (χ1) is 21.4. The molecular formula is C33H32FN3O5S2. The van der Waals surface area contributed by atoms with Gasteiger partial charge in [0.15, 0.2) is 4.34 Å². The van der Waals surface area contributed by atoms with E-state index in [1.54, 1.807) is 60.7 Å². The van der Waals surface area contributed by atoms with Crippen LogP contribution in [0.2, 0.25) is 0 Å². The van der Waals surface area contributed by atoms with Gasteiger partial charge in [-0.2, -0.15) is 0 Å². The minimum atomic E-state index is -0.988. The summed E-state index contributed by atoms with van der Waals surface area (Å²) in [5.41, 5.74) is 1.38. The molecule has 2 heterocycles. The van der Waals surface area contributed by atoms with Crippen molar-refractivity contribution in [3.63, 3.8) is 0 Å². The molecule has 1 fully saturated rings. The lowest BCUT2D eigenvalue weighted by molar-refractivity contribution is -0.132. The molecule has 0 saturated carbocycles. The van der Waals surface area contributed by atoms with E-state index in [1.165, 1.54) is 22.7 Å². The number of aromatic nitrogens is 2. The number of anilines is 1. The zero-order valence-corrected chi connectivity index (χ0v) is 26.0. The van der Waals surface area contributed by atoms with Crippen LogP contribution in [0.15, 0.2) is 82.7 Å². The number of hydrogen-bond acceptors (Lipinski definition) is 9. The predicted octanol–water partition coefficient (Wildman–Crippen LogP) is 7.56. The second kappa shape index (κ2) is 14.5. The number of ether oxygens (including phenoxy) is 2. The van der Waals surface area contributed by atoms with Gasteiger partial charge in [-0.05, 0) is 66.4 Å². The Balaban J connectivity index is 1.52. The molecule has 0 radical (unpaired) electrons. The van der Waals surface area contributed by atoms with E-state index < -0.39 is 17.7 Å². The fourth-order valence-corrected chi connectivity index (χ4v) is 6.51. The Hall–Kier alpha value is -4.22. The van der Waals surface area contributed by atoms with Crippen LogP contribution in [0.1, 0.15) is 55.8 Å². The lowest BCUT2D eigenvalue weighted by Gasteiger charge is -2.23. The predicted molar refractivity (Wildman–Crippen MR) is 170 cm³/mol. The van der Waals surface area contributed by atoms with E-state index in [-0.39, 0.29) is 22.3 Å². The molecule has 1 saturated heterocycles. The molecule has 1 atom stereocenters. The average molecular weight is 634 g/mol. The van der Waals surface area contributed by atoms with Crippen molar-refractivity contribution in [2.75, 3.05) is 18.1 Å². The second-order valence-corrected chi connectivity index (χ2v) is 12.2. The maximum atomic E-state index is 14.2. The molecule has 5 rings (SSSR count). The first kappa shape index (κ1) is 31.2. The number of thioether (sulfide) groups is 1. The van der Waals surface area contributed by atoms with E-state index in [0.29, 0.717) is 51.5 Å². The molecule has 4 aromatic rings. The molecule has 8 nitrogen and oxygen atoms in total. The van der Waals surface area contributed by atoms with Gasteiger partial charge in [0.2, 0.25) is 5.13 Å². The highest BCUT2D eigenvalue weighted by Crippen LogP contribution is 2.44. The number of benzene rings is 3. The Kier molecular flexibility index (Phi) is 10.3. The summed E-state index contributed by atoms with van der Waals surface area (Å²) in [4.78, 5) is 28.5. The molecule has 44 heavy (non-hydrogen) atoms. The number of ketones is 1. The number of unbranched alkanes of at least 4 members (excludes halogenated alkanes) is 1. The number of carbonyl (C=O) groups is 2. The summed E-state index contributed by atoms with van der Waals surface area (Å²) in [5, 5.41) is 20.1. The van der Waals surface area contributed by atoms with Crippen LogP contribution in [-0.2, 0) is 15.3 Å². The fourth-order valence-electron chi connectivity index (χ4n) is 4.65. The van der Waals surface area contributed by atoms with Gasteiger partial charge in [0, 0.05) is 11.3 Å². The van der Waals surface area contributed by atoms with Gasteiger partial charge in [-0.15, -0.1) is 10.2 Å². The highest BCUT2D eigenvalue weighted by molar-refractivity contribution is 8.00. The summed E-state index contributed by atoms with van der Waals surface area (Å²) in [5.74, 6) is -0.775. The number of aliphatic hydroxyl groups excluding tert-OH is 1. The maximum Gasteiger partial charge on any atom is 0.301 e. The van der Waals surface area contributed by atoms with Gasteiger partial charge in [-0.25, -0.2) is 4.39 Å². The molecule has 1 aliphatic rings. The van der Waals surface area contributed by atoms with E-state index in [0.717, 1.165) is 30.6 Å². The summed E-state index contributed by atoms with van der Waals surface area (Å²) in [6, 6.07) is 19.3. The number of halogens is 1. The third-order valence-electron chi connectivity index (χ3n) is 6.90. The molecular weight excluding hydrogens is 602 g/mol. The summed E-state index contributed by atoms with van der Waals surface area (Å²) in [6.07, 6.45) is 2.69. The Morgan fingerprint density at radius 1 is 0.955 bits per heavy atom. The zero-order valence-electron chi connectivity index (χ0n) is 24.4. The van der Waals surface area contributed by atoms with E-state index in [4.69, 9.17) is 9.47 Å². The average Bonchev–Trinajstić information content (AvgIpc) is 3.61. The molecule has 0 bridgehead atoms. The monoisotopic (exact) mass is 633 g/mol. The van der Waals surface area contributed by atoms with Crippen molar-refractivity contribution in [3.8, 4) is 11.5 Å². The van der Waals surface area contributed by atoms with Crippen molar-refractivity contribution in [2.45, 2.75) is 49.2 Å². The molecule has 3 aromatic carbocycles. The van der Waals surface area contributed by atoms with E-state index >= 15 is 0 Å². The number of nitrogens with zero attached hydrogens (tertiary/aromatic N) is 3. The smallest absolute Gasteiger partial charge is 0.301 e. The largest absolute Gasteiger partial charge is 0.507 e. The highest BCUT2D eigenvalue weighted by atomic mass is 32.2. The van der Waals surface area contributed by atoms with Crippen molar-refractivity contribution in [2.24, 2.45) is 0 Å². The Labute approximate surface area is 263 Å². The summed E-state index contributed by atoms with van der Waals surface area (Å²) >= 11 is 2.40. The van der Waals surface area contributed by atoms with Crippen molar-refractivity contribution in [1.82, 2.24) is 10.2 Å². The second-order valence-electron chi connectivity index (χ2n) is 10.0. The normalized spacial score (nSPS) is 16.0. The number of amides is 1. The van der Waals surface area contributed by atoms with Crippen LogP contribution in [0.3, 0.4) is 0 Å². The fraction of sp³-hybridized carbons (Fsp3) is 0.273. The van der Waals surface area contributed by atoms with Gasteiger partial charge in [0.25, 0.3) is 5.78 Å². The zero-order chi connectivity index (χ0) is 31.1. The first-order valence-corrected chi connectivity index (χ1v) is 16.2. The number of aliphatic hydroxyl groups is 1. The van der Waals surface area contributed by atoms with Gasteiger partial charge in [0.05, 0.1) is 24.8 Å². The van der Waals surface area contributed by atoms with Crippen LogP contribution in [-0.4, -0.2) is 40.2 Å². The van der Waals surface area contributed by atoms with Crippen LogP contribution in [0.25, 0.3) is 5.76 Å². The first-order valence-electron chi connectivity index (χ1n) is 14.4. The lowest BCUT2D eigenvalue weighted by atomic mass is 9.95. The van der Waals surface area contributed by atoms with Crippen LogP contribution in [0.4, 0.5) is 9.52 Å². The number of carbonyl (C=O) groups excluding carboxylic acids is 2. The number of Topliss-reactive ketones (excluding diaryl/α,β-unsaturated/α-hetero) is 1. The van der Waals surface area contributed by atoms with Gasteiger partial charge in [-0.1, -0.05) is 73.7 Å². The SMILES string of the molecule is CCCCOc1cccc(C2/C(=C(\O)c3ccc(OCCC)cc3)C(=O)C(=O)N2c2nnc(SCc3ccccc3F)s2)c1. The van der Waals surface area contributed by atoms with Crippen molar-refractivity contribution < 1.29 is 28.6 Å². The molecule has 0 aliphatic carbocycles. The summed E-state index contributed by atoms with van der Waals surface area (Å²) in [7, 11) is 0. The molecule has 1 N–H and O–H groups in total. The Morgan fingerprint density at radius 3 is 2.48 bits per heavy atom. The van der Waals surface area contributed by atoms with Gasteiger partial charge in [0.1, 0.15) is 23.1 Å². The Morgan fingerprint density at radius 2 is 1.73 bits per heavy atom. The molecule has 1 aliphatic heterocycles. The molecule has 1 aromatic heterocycles. The third-order valence-corrected chi connectivity index (χ3v) is 9.00. The van der Waals surface area contributed by atoms with Gasteiger partial charge >= 0.3 is 5.91 Å². The lowest BCUT2D eigenvalue weighted by Crippen LogP contribution is -2.29. The summed E-state index contributed by atoms with van der Waals surface area (Å²) in [6.45, 7) is 5.15. The van der Waals surface area contributed by atoms with E-state index in [9.17, 15) is 19.1 Å². The van der Waals surface area contributed by atoms with Crippen molar-refractivity contribution >= 4 is 45.7 Å². The van der Waals surface area contributed by atoms with Crippen molar-refractivity contribution in [1.29, 1.82) is 0 Å². The standard InChI is InChI=1S/C33H32FN3O5S2/c1-3-5-18-42-25-11-8-10-22(19-25)28-27(29(38)21-13-15-24(16-14-21)41-17-4-2)30(39)31(40)37(28)32-35-36-33(44-32)43-20-23-9-6-7-12-26(23)34/h6-16,19,28,38H,3-5,17-18,20H2,1-2H3/b29-27+. The number of hydrogen-bond donors (Lipinski definition) is 1. The minimum absolute atomic E-state index is 0.0707. The summed E-state index contributed by atoms with van der Waals surface area (Å²) < 4.78 is 26.2. The van der Waals surface area contributed by atoms with Gasteiger partial charge in [-0.3, -0.25) is 14.5 Å².